The Hall–Kier alpha value is -1.66. The first-order chi connectivity index (χ1) is 10.2. The highest BCUT2D eigenvalue weighted by atomic mass is 79.9. The van der Waals surface area contributed by atoms with Crippen molar-refractivity contribution in [2.45, 2.75) is 33.2 Å². The lowest BCUT2D eigenvalue weighted by atomic mass is 10.1. The molecule has 2 aromatic rings. The zero-order valence-electron chi connectivity index (χ0n) is 13.3. The number of nitrogens with one attached hydrogen (secondary N) is 1. The molecule has 0 aliphatic carbocycles. The van der Waals surface area contributed by atoms with Crippen LogP contribution in [-0.2, 0) is 0 Å². The minimum atomic E-state index is -0.420. The number of hydrogen-bond acceptors (Lipinski definition) is 3. The lowest BCUT2D eigenvalue weighted by Gasteiger charge is -2.24. The average molecular weight is 365 g/mol. The van der Waals surface area contributed by atoms with Gasteiger partial charge in [0.15, 0.2) is 0 Å². The standard InChI is InChI=1S/C16H21BrN4O/c1-10-14(17)11(2)21(20-10)13-7-5-12(6-8-13)15(22)19-16(3,4)9-18/h5-8H,9,18H2,1-4H3,(H,19,22). The van der Waals surface area contributed by atoms with Crippen LogP contribution in [0.25, 0.3) is 5.69 Å². The maximum absolute atomic E-state index is 12.2. The van der Waals surface area contributed by atoms with Crippen molar-refractivity contribution in [3.05, 3.63) is 45.7 Å². The summed E-state index contributed by atoms with van der Waals surface area (Å²) in [5.74, 6) is -0.128. The number of aromatic nitrogens is 2. The molecule has 2 rings (SSSR count). The highest BCUT2D eigenvalue weighted by molar-refractivity contribution is 9.10. The first-order valence-corrected chi connectivity index (χ1v) is 7.89. The lowest BCUT2D eigenvalue weighted by Crippen LogP contribution is -2.48. The van der Waals surface area contributed by atoms with Gasteiger partial charge in [-0.05, 0) is 67.9 Å². The number of halogens is 1. The summed E-state index contributed by atoms with van der Waals surface area (Å²) in [6, 6.07) is 7.36. The zero-order chi connectivity index (χ0) is 16.5. The van der Waals surface area contributed by atoms with Crippen molar-refractivity contribution in [1.82, 2.24) is 15.1 Å². The Kier molecular flexibility index (Phi) is 4.72. The Bertz CT molecular complexity index is 689. The van der Waals surface area contributed by atoms with Crippen LogP contribution in [0.3, 0.4) is 0 Å². The average Bonchev–Trinajstić information content (AvgIpc) is 2.74. The molecule has 118 valence electrons. The molecule has 0 fully saturated rings. The van der Waals surface area contributed by atoms with Crippen molar-refractivity contribution >= 4 is 21.8 Å². The van der Waals surface area contributed by atoms with Gasteiger partial charge in [-0.1, -0.05) is 0 Å². The molecule has 1 aromatic carbocycles. The first kappa shape index (κ1) is 16.7. The van der Waals surface area contributed by atoms with E-state index in [4.69, 9.17) is 5.73 Å². The van der Waals surface area contributed by atoms with Crippen molar-refractivity contribution in [3.8, 4) is 5.69 Å². The number of carbonyl (C=O) groups is 1. The van der Waals surface area contributed by atoms with Crippen molar-refractivity contribution < 1.29 is 4.79 Å². The number of rotatable bonds is 4. The van der Waals surface area contributed by atoms with Crippen LogP contribution in [0.15, 0.2) is 28.7 Å². The Labute approximate surface area is 139 Å². The maximum atomic E-state index is 12.2. The van der Waals surface area contributed by atoms with Gasteiger partial charge in [0.1, 0.15) is 0 Å². The molecule has 0 unspecified atom stereocenters. The number of amides is 1. The second-order valence-corrected chi connectivity index (χ2v) is 6.78. The second-order valence-electron chi connectivity index (χ2n) is 5.99. The molecule has 0 spiro atoms. The summed E-state index contributed by atoms with van der Waals surface area (Å²) < 4.78 is 2.85. The zero-order valence-corrected chi connectivity index (χ0v) is 14.9. The van der Waals surface area contributed by atoms with Crippen molar-refractivity contribution in [3.63, 3.8) is 0 Å². The lowest BCUT2D eigenvalue weighted by molar-refractivity contribution is 0.0915. The van der Waals surface area contributed by atoms with Crippen LogP contribution in [0.4, 0.5) is 0 Å². The molecular weight excluding hydrogens is 344 g/mol. The van der Waals surface area contributed by atoms with E-state index < -0.39 is 5.54 Å². The molecule has 0 saturated carbocycles. The Morgan fingerprint density at radius 1 is 1.32 bits per heavy atom. The van der Waals surface area contributed by atoms with E-state index in [1.165, 1.54) is 0 Å². The molecule has 3 N–H and O–H groups in total. The molecule has 0 radical (unpaired) electrons. The van der Waals surface area contributed by atoms with Gasteiger partial charge in [-0.25, -0.2) is 4.68 Å². The van der Waals surface area contributed by atoms with Gasteiger partial charge in [0.05, 0.1) is 21.5 Å². The van der Waals surface area contributed by atoms with E-state index in [2.05, 4.69) is 26.3 Å². The molecule has 1 heterocycles. The summed E-state index contributed by atoms with van der Waals surface area (Å²) in [7, 11) is 0. The van der Waals surface area contributed by atoms with Gasteiger partial charge in [-0.3, -0.25) is 4.79 Å². The first-order valence-electron chi connectivity index (χ1n) is 7.10. The number of hydrogen-bond donors (Lipinski definition) is 2. The highest BCUT2D eigenvalue weighted by Crippen LogP contribution is 2.23. The molecule has 0 aliphatic heterocycles. The van der Waals surface area contributed by atoms with Crippen LogP contribution in [-0.4, -0.2) is 27.8 Å². The van der Waals surface area contributed by atoms with Gasteiger partial charge in [-0.15, -0.1) is 0 Å². The van der Waals surface area contributed by atoms with E-state index in [0.717, 1.165) is 21.5 Å². The molecule has 0 bridgehead atoms. The molecule has 1 amide bonds. The van der Waals surface area contributed by atoms with Gasteiger partial charge >= 0.3 is 0 Å². The predicted octanol–water partition coefficient (Wildman–Crippen LogP) is 2.72. The quantitative estimate of drug-likeness (QED) is 0.875. The Balaban J connectivity index is 2.24. The maximum Gasteiger partial charge on any atom is 0.251 e. The number of benzene rings is 1. The van der Waals surface area contributed by atoms with Crippen molar-refractivity contribution in [2.75, 3.05) is 6.54 Å². The summed E-state index contributed by atoms with van der Waals surface area (Å²) in [5.41, 5.74) is 8.70. The summed E-state index contributed by atoms with van der Waals surface area (Å²) in [6.45, 7) is 8.12. The van der Waals surface area contributed by atoms with Crippen molar-refractivity contribution in [2.24, 2.45) is 5.73 Å². The molecule has 0 atom stereocenters. The van der Waals surface area contributed by atoms with E-state index in [-0.39, 0.29) is 5.91 Å². The topological polar surface area (TPSA) is 72.9 Å². The van der Waals surface area contributed by atoms with E-state index in [0.29, 0.717) is 12.1 Å². The number of aryl methyl sites for hydroxylation is 1. The van der Waals surface area contributed by atoms with Gasteiger partial charge in [0.25, 0.3) is 5.91 Å². The van der Waals surface area contributed by atoms with Crippen molar-refractivity contribution in [1.29, 1.82) is 0 Å². The summed E-state index contributed by atoms with van der Waals surface area (Å²) >= 11 is 3.52. The fourth-order valence-corrected chi connectivity index (χ4v) is 2.31. The summed E-state index contributed by atoms with van der Waals surface area (Å²) in [6.07, 6.45) is 0. The van der Waals surface area contributed by atoms with Crippen LogP contribution in [0.1, 0.15) is 35.6 Å². The van der Waals surface area contributed by atoms with Gasteiger partial charge in [0, 0.05) is 17.6 Å². The third-order valence-electron chi connectivity index (χ3n) is 3.54. The third-order valence-corrected chi connectivity index (χ3v) is 4.69. The van der Waals surface area contributed by atoms with Gasteiger partial charge < -0.3 is 11.1 Å². The fraction of sp³-hybridized carbons (Fsp3) is 0.375. The Morgan fingerprint density at radius 2 is 1.91 bits per heavy atom. The van der Waals surface area contributed by atoms with E-state index in [1.807, 2.05) is 44.5 Å². The predicted molar refractivity (Wildman–Crippen MR) is 91.3 cm³/mol. The monoisotopic (exact) mass is 364 g/mol. The second kappa shape index (κ2) is 6.22. The SMILES string of the molecule is Cc1nn(-c2ccc(C(=O)NC(C)(C)CN)cc2)c(C)c1Br. The van der Waals surface area contributed by atoms with E-state index in [9.17, 15) is 4.79 Å². The molecule has 1 aromatic heterocycles. The number of carbonyl (C=O) groups excluding carboxylic acids is 1. The summed E-state index contributed by atoms with van der Waals surface area (Å²) in [5, 5.41) is 7.39. The third kappa shape index (κ3) is 3.39. The minimum absolute atomic E-state index is 0.128. The van der Waals surface area contributed by atoms with Gasteiger partial charge in [0.2, 0.25) is 0 Å². The van der Waals surface area contributed by atoms with E-state index in [1.54, 1.807) is 12.1 Å². The largest absolute Gasteiger partial charge is 0.346 e. The highest BCUT2D eigenvalue weighted by Gasteiger charge is 2.19. The fourth-order valence-electron chi connectivity index (χ4n) is 2.06. The number of nitrogens with zero attached hydrogens (tertiary/aromatic N) is 2. The molecule has 0 saturated heterocycles. The van der Waals surface area contributed by atoms with Crippen LogP contribution in [0.2, 0.25) is 0 Å². The van der Waals surface area contributed by atoms with E-state index >= 15 is 0 Å². The van der Waals surface area contributed by atoms with Crippen LogP contribution >= 0.6 is 15.9 Å². The minimum Gasteiger partial charge on any atom is -0.346 e. The normalized spacial score (nSPS) is 11.5. The molecule has 22 heavy (non-hydrogen) atoms. The summed E-state index contributed by atoms with van der Waals surface area (Å²) in [4.78, 5) is 12.2. The molecule has 6 heteroatoms. The molecule has 0 aliphatic rings. The van der Waals surface area contributed by atoms with Crippen LogP contribution in [0, 0.1) is 13.8 Å². The Morgan fingerprint density at radius 3 is 2.36 bits per heavy atom. The smallest absolute Gasteiger partial charge is 0.251 e. The number of nitrogens with two attached hydrogens (primary N) is 1. The molecule has 5 nitrogen and oxygen atoms in total. The molecular formula is C16H21BrN4O. The van der Waals surface area contributed by atoms with Gasteiger partial charge in [-0.2, -0.15) is 5.10 Å². The van der Waals surface area contributed by atoms with Crippen LogP contribution < -0.4 is 11.1 Å². The van der Waals surface area contributed by atoms with Crippen LogP contribution in [0.5, 0.6) is 0 Å².